The van der Waals surface area contributed by atoms with Crippen LogP contribution in [0.25, 0.3) is 0 Å². The number of nitrogen functional groups attached to an aromatic ring is 1. The third kappa shape index (κ3) is 6.22. The van der Waals surface area contributed by atoms with Gasteiger partial charge in [0.25, 0.3) is 0 Å². The molecule has 0 saturated heterocycles. The zero-order valence-electron chi connectivity index (χ0n) is 12.3. The van der Waals surface area contributed by atoms with Gasteiger partial charge in [-0.25, -0.2) is 4.39 Å². The molecule has 0 aliphatic rings. The number of carbonyl (C=O) groups is 2. The molecule has 7 heteroatoms. The molecule has 0 bridgehead atoms. The number of nitrogens with zero attached hydrogens (tertiary/aromatic N) is 1. The van der Waals surface area contributed by atoms with Crippen molar-refractivity contribution in [3.8, 4) is 0 Å². The monoisotopic (exact) mass is 296 g/mol. The maximum Gasteiger partial charge on any atom is 0.234 e. The van der Waals surface area contributed by atoms with E-state index in [9.17, 15) is 14.0 Å². The molecule has 0 spiro atoms. The number of anilines is 2. The van der Waals surface area contributed by atoms with Crippen molar-refractivity contribution in [1.82, 2.24) is 10.2 Å². The van der Waals surface area contributed by atoms with E-state index in [1.807, 2.05) is 6.92 Å². The maximum absolute atomic E-state index is 13.5. The van der Waals surface area contributed by atoms with Crippen LogP contribution in [0.1, 0.15) is 13.3 Å². The van der Waals surface area contributed by atoms with Gasteiger partial charge >= 0.3 is 0 Å². The second-order valence-electron chi connectivity index (χ2n) is 4.73. The van der Waals surface area contributed by atoms with Crippen molar-refractivity contribution in [1.29, 1.82) is 0 Å². The molecule has 116 valence electrons. The van der Waals surface area contributed by atoms with Crippen LogP contribution in [-0.2, 0) is 9.59 Å². The van der Waals surface area contributed by atoms with E-state index in [-0.39, 0.29) is 30.5 Å². The molecule has 21 heavy (non-hydrogen) atoms. The summed E-state index contributed by atoms with van der Waals surface area (Å²) in [5, 5.41) is 5.14. The van der Waals surface area contributed by atoms with Gasteiger partial charge < -0.3 is 16.4 Å². The minimum Gasteiger partial charge on any atom is -0.399 e. The van der Waals surface area contributed by atoms with Gasteiger partial charge in [0.2, 0.25) is 11.8 Å². The fourth-order valence-corrected chi connectivity index (χ4v) is 1.72. The fourth-order valence-electron chi connectivity index (χ4n) is 1.72. The minimum atomic E-state index is -0.534. The highest BCUT2D eigenvalue weighted by Gasteiger charge is 2.10. The van der Waals surface area contributed by atoms with Crippen molar-refractivity contribution in [2.75, 3.05) is 37.7 Å². The number of nitrogens with two attached hydrogens (primary N) is 1. The molecule has 1 aromatic carbocycles. The molecule has 0 fully saturated rings. The van der Waals surface area contributed by atoms with Gasteiger partial charge in [-0.1, -0.05) is 0 Å². The Balaban J connectivity index is 2.40. The maximum atomic E-state index is 13.5. The first-order valence-electron chi connectivity index (χ1n) is 6.72. The summed E-state index contributed by atoms with van der Waals surface area (Å²) in [6, 6.07) is 3.99. The van der Waals surface area contributed by atoms with E-state index in [0.717, 1.165) is 0 Å². The van der Waals surface area contributed by atoms with Gasteiger partial charge in [-0.2, -0.15) is 0 Å². The first-order valence-corrected chi connectivity index (χ1v) is 6.72. The Labute approximate surface area is 123 Å². The topological polar surface area (TPSA) is 87.5 Å². The third-order valence-electron chi connectivity index (χ3n) is 2.77. The number of hydrogen-bond donors (Lipinski definition) is 3. The van der Waals surface area contributed by atoms with E-state index in [1.54, 1.807) is 11.9 Å². The Morgan fingerprint density at radius 2 is 2.05 bits per heavy atom. The molecule has 0 aromatic heterocycles. The number of halogens is 1. The summed E-state index contributed by atoms with van der Waals surface area (Å²) in [6.07, 6.45) is 0.157. The van der Waals surface area contributed by atoms with E-state index in [4.69, 9.17) is 5.73 Å². The fraction of sp³-hybridized carbons (Fsp3) is 0.429. The summed E-state index contributed by atoms with van der Waals surface area (Å²) in [5.41, 5.74) is 5.97. The second-order valence-corrected chi connectivity index (χ2v) is 4.73. The van der Waals surface area contributed by atoms with Crippen molar-refractivity contribution in [2.45, 2.75) is 13.3 Å². The number of carbonyl (C=O) groups excluding carboxylic acids is 2. The van der Waals surface area contributed by atoms with Gasteiger partial charge in [-0.05, 0) is 32.2 Å². The van der Waals surface area contributed by atoms with Crippen LogP contribution >= 0.6 is 0 Å². The van der Waals surface area contributed by atoms with E-state index in [1.165, 1.54) is 18.2 Å². The molecule has 0 aliphatic carbocycles. The van der Waals surface area contributed by atoms with Crippen LogP contribution in [0.2, 0.25) is 0 Å². The third-order valence-corrected chi connectivity index (χ3v) is 2.77. The van der Waals surface area contributed by atoms with Gasteiger partial charge in [-0.15, -0.1) is 0 Å². The Morgan fingerprint density at radius 1 is 1.33 bits per heavy atom. The number of amides is 2. The molecule has 4 N–H and O–H groups in total. The van der Waals surface area contributed by atoms with Gasteiger partial charge in [-0.3, -0.25) is 14.5 Å². The molecule has 6 nitrogen and oxygen atoms in total. The normalized spacial score (nSPS) is 10.5. The smallest absolute Gasteiger partial charge is 0.234 e. The van der Waals surface area contributed by atoms with Gasteiger partial charge in [0.1, 0.15) is 5.82 Å². The highest BCUT2D eigenvalue weighted by atomic mass is 19.1. The Hall–Kier alpha value is -2.15. The minimum absolute atomic E-state index is 0.0615. The predicted molar refractivity (Wildman–Crippen MR) is 80.2 cm³/mol. The standard InChI is InChI=1S/C14H21FN4O2/c1-3-17-14(21)9-19(2)7-6-13(20)18-12-8-10(16)4-5-11(12)15/h4-5,8H,3,6-7,9,16H2,1-2H3,(H,17,21)(H,18,20). The summed E-state index contributed by atoms with van der Waals surface area (Å²) in [7, 11) is 1.74. The van der Waals surface area contributed by atoms with Crippen molar-refractivity contribution in [3.63, 3.8) is 0 Å². The molecule has 0 unspecified atom stereocenters. The van der Waals surface area contributed by atoms with Crippen molar-refractivity contribution < 1.29 is 14.0 Å². The van der Waals surface area contributed by atoms with Crippen LogP contribution < -0.4 is 16.4 Å². The van der Waals surface area contributed by atoms with E-state index >= 15 is 0 Å². The van der Waals surface area contributed by atoms with Crippen LogP contribution in [0.3, 0.4) is 0 Å². The molecule has 0 aliphatic heterocycles. The van der Waals surface area contributed by atoms with E-state index in [0.29, 0.717) is 18.8 Å². The number of benzene rings is 1. The lowest BCUT2D eigenvalue weighted by Gasteiger charge is -2.15. The largest absolute Gasteiger partial charge is 0.399 e. The van der Waals surface area contributed by atoms with Gasteiger partial charge in [0.05, 0.1) is 12.2 Å². The average molecular weight is 296 g/mol. The van der Waals surface area contributed by atoms with Gasteiger partial charge in [0.15, 0.2) is 0 Å². The molecule has 0 saturated carbocycles. The number of hydrogen-bond acceptors (Lipinski definition) is 4. The number of rotatable bonds is 7. The van der Waals surface area contributed by atoms with Crippen LogP contribution in [0, 0.1) is 5.82 Å². The van der Waals surface area contributed by atoms with Crippen molar-refractivity contribution in [2.24, 2.45) is 0 Å². The molecular weight excluding hydrogens is 275 g/mol. The van der Waals surface area contributed by atoms with Crippen LogP contribution in [-0.4, -0.2) is 43.4 Å². The molecule has 1 aromatic rings. The Morgan fingerprint density at radius 3 is 2.71 bits per heavy atom. The number of likely N-dealkylation sites (N-methyl/N-ethyl adjacent to an activating group) is 2. The Bertz CT molecular complexity index is 508. The molecular formula is C14H21FN4O2. The Kier molecular flexibility index (Phi) is 6.61. The van der Waals surface area contributed by atoms with Crippen molar-refractivity contribution >= 4 is 23.2 Å². The summed E-state index contributed by atoms with van der Waals surface area (Å²) in [5.74, 6) is -0.960. The van der Waals surface area contributed by atoms with Gasteiger partial charge in [0, 0.05) is 25.2 Å². The van der Waals surface area contributed by atoms with Crippen molar-refractivity contribution in [3.05, 3.63) is 24.0 Å². The highest BCUT2D eigenvalue weighted by Crippen LogP contribution is 2.17. The zero-order valence-corrected chi connectivity index (χ0v) is 12.3. The zero-order chi connectivity index (χ0) is 15.8. The second kappa shape index (κ2) is 8.21. The lowest BCUT2D eigenvalue weighted by atomic mass is 10.2. The van der Waals surface area contributed by atoms with E-state index < -0.39 is 5.82 Å². The van der Waals surface area contributed by atoms with Crippen LogP contribution in [0.4, 0.5) is 15.8 Å². The van der Waals surface area contributed by atoms with Crippen LogP contribution in [0.15, 0.2) is 18.2 Å². The summed E-state index contributed by atoms with van der Waals surface area (Å²) < 4.78 is 13.5. The lowest BCUT2D eigenvalue weighted by molar-refractivity contribution is -0.122. The molecule has 1 rings (SSSR count). The molecule has 0 atom stereocenters. The van der Waals surface area contributed by atoms with Crippen LogP contribution in [0.5, 0.6) is 0 Å². The quantitative estimate of drug-likeness (QED) is 0.650. The average Bonchev–Trinajstić information content (AvgIpc) is 2.41. The lowest BCUT2D eigenvalue weighted by Crippen LogP contribution is -2.36. The number of nitrogens with one attached hydrogen (secondary N) is 2. The van der Waals surface area contributed by atoms with E-state index in [2.05, 4.69) is 10.6 Å². The SMILES string of the molecule is CCNC(=O)CN(C)CCC(=O)Nc1cc(N)ccc1F. The predicted octanol–water partition coefficient (Wildman–Crippen LogP) is 0.804. The summed E-state index contributed by atoms with van der Waals surface area (Å²) >= 11 is 0. The first kappa shape index (κ1) is 16.9. The summed E-state index contributed by atoms with van der Waals surface area (Å²) in [6.45, 7) is 3.02. The highest BCUT2D eigenvalue weighted by molar-refractivity contribution is 5.91. The summed E-state index contributed by atoms with van der Waals surface area (Å²) in [4.78, 5) is 24.8. The first-order chi connectivity index (χ1) is 9.92. The molecule has 0 radical (unpaired) electrons. The molecule has 0 heterocycles. The molecule has 2 amide bonds.